The molecule has 0 spiro atoms. The van der Waals surface area contributed by atoms with Crippen molar-refractivity contribution in [2.24, 2.45) is 0 Å². The van der Waals surface area contributed by atoms with E-state index >= 15 is 0 Å². The number of aliphatic hydroxyl groups excluding tert-OH is 1. The maximum Gasteiger partial charge on any atom is 0.124 e. The summed E-state index contributed by atoms with van der Waals surface area (Å²) in [7, 11) is 1.67. The zero-order chi connectivity index (χ0) is 14.7. The van der Waals surface area contributed by atoms with Crippen LogP contribution in [0.15, 0.2) is 40.9 Å². The highest BCUT2D eigenvalue weighted by molar-refractivity contribution is 9.10. The van der Waals surface area contributed by atoms with Crippen LogP contribution in [0.3, 0.4) is 0 Å². The van der Waals surface area contributed by atoms with Crippen molar-refractivity contribution >= 4 is 15.9 Å². The molecule has 0 aliphatic carbocycles. The molecule has 0 amide bonds. The number of halogens is 1. The third kappa shape index (κ3) is 3.41. The number of aliphatic hydroxyl groups is 1. The van der Waals surface area contributed by atoms with E-state index < -0.39 is 6.10 Å². The standard InChI is InChI=1S/C17H19BrO2/c1-11-7-14(8-12(2)17(11)20-3)16(19)10-13-5-4-6-15(18)9-13/h4-9,16,19H,10H2,1-3H3. The van der Waals surface area contributed by atoms with Crippen molar-refractivity contribution in [3.05, 3.63) is 63.1 Å². The Hall–Kier alpha value is -1.32. The van der Waals surface area contributed by atoms with Gasteiger partial charge >= 0.3 is 0 Å². The van der Waals surface area contributed by atoms with E-state index in [1.54, 1.807) is 7.11 Å². The van der Waals surface area contributed by atoms with Gasteiger partial charge in [-0.1, -0.05) is 28.1 Å². The smallest absolute Gasteiger partial charge is 0.124 e. The van der Waals surface area contributed by atoms with Crippen LogP contribution in [-0.2, 0) is 6.42 Å². The third-order valence-corrected chi connectivity index (χ3v) is 3.88. The second-order valence-electron chi connectivity index (χ2n) is 5.04. The van der Waals surface area contributed by atoms with Gasteiger partial charge in [-0.3, -0.25) is 0 Å². The SMILES string of the molecule is COc1c(C)cc(C(O)Cc2cccc(Br)c2)cc1C. The average molecular weight is 335 g/mol. The van der Waals surface area contributed by atoms with Gasteiger partial charge in [0.15, 0.2) is 0 Å². The maximum atomic E-state index is 10.4. The fourth-order valence-electron chi connectivity index (χ4n) is 2.50. The first-order valence-corrected chi connectivity index (χ1v) is 7.38. The molecule has 0 saturated heterocycles. The molecule has 0 radical (unpaired) electrons. The van der Waals surface area contributed by atoms with E-state index in [2.05, 4.69) is 15.9 Å². The number of aryl methyl sites for hydroxylation is 2. The first kappa shape index (κ1) is 15.1. The largest absolute Gasteiger partial charge is 0.496 e. The molecular formula is C17H19BrO2. The Morgan fingerprint density at radius 2 is 1.80 bits per heavy atom. The van der Waals surface area contributed by atoms with Gasteiger partial charge in [-0.25, -0.2) is 0 Å². The van der Waals surface area contributed by atoms with Crippen LogP contribution in [0.5, 0.6) is 5.75 Å². The van der Waals surface area contributed by atoms with Gasteiger partial charge in [-0.2, -0.15) is 0 Å². The van der Waals surface area contributed by atoms with E-state index in [0.717, 1.165) is 32.5 Å². The van der Waals surface area contributed by atoms with Gasteiger partial charge in [0, 0.05) is 10.9 Å². The van der Waals surface area contributed by atoms with Gasteiger partial charge in [-0.15, -0.1) is 0 Å². The van der Waals surface area contributed by atoms with Crippen molar-refractivity contribution in [3.8, 4) is 5.75 Å². The van der Waals surface area contributed by atoms with Crippen LogP contribution in [0.1, 0.15) is 28.4 Å². The highest BCUT2D eigenvalue weighted by atomic mass is 79.9. The number of hydrogen-bond donors (Lipinski definition) is 1. The van der Waals surface area contributed by atoms with Crippen molar-refractivity contribution < 1.29 is 9.84 Å². The number of ether oxygens (including phenoxy) is 1. The maximum absolute atomic E-state index is 10.4. The van der Waals surface area contributed by atoms with Gasteiger partial charge in [0.1, 0.15) is 5.75 Å². The van der Waals surface area contributed by atoms with Crippen molar-refractivity contribution in [1.82, 2.24) is 0 Å². The highest BCUT2D eigenvalue weighted by Gasteiger charge is 2.13. The molecule has 3 heteroatoms. The van der Waals surface area contributed by atoms with Crippen LogP contribution in [0.25, 0.3) is 0 Å². The van der Waals surface area contributed by atoms with E-state index in [0.29, 0.717) is 6.42 Å². The first-order valence-electron chi connectivity index (χ1n) is 6.59. The highest BCUT2D eigenvalue weighted by Crippen LogP contribution is 2.28. The Balaban J connectivity index is 2.23. The van der Waals surface area contributed by atoms with Gasteiger partial charge in [0.2, 0.25) is 0 Å². The lowest BCUT2D eigenvalue weighted by molar-refractivity contribution is 0.178. The van der Waals surface area contributed by atoms with Gasteiger partial charge in [-0.05, 0) is 60.4 Å². The van der Waals surface area contributed by atoms with Crippen LogP contribution < -0.4 is 4.74 Å². The summed E-state index contributed by atoms with van der Waals surface area (Å²) in [6, 6.07) is 12.0. The Labute approximate surface area is 128 Å². The van der Waals surface area contributed by atoms with E-state index in [1.165, 1.54) is 0 Å². The third-order valence-electron chi connectivity index (χ3n) is 3.39. The first-order chi connectivity index (χ1) is 9.51. The van der Waals surface area contributed by atoms with E-state index in [9.17, 15) is 5.11 Å². The summed E-state index contributed by atoms with van der Waals surface area (Å²) < 4.78 is 6.39. The monoisotopic (exact) mass is 334 g/mol. The Bertz CT molecular complexity index is 585. The minimum atomic E-state index is -0.507. The molecule has 0 fully saturated rings. The molecular weight excluding hydrogens is 316 g/mol. The zero-order valence-electron chi connectivity index (χ0n) is 12.0. The number of hydrogen-bond acceptors (Lipinski definition) is 2. The van der Waals surface area contributed by atoms with Crippen molar-refractivity contribution in [1.29, 1.82) is 0 Å². The quantitative estimate of drug-likeness (QED) is 0.900. The molecule has 2 nitrogen and oxygen atoms in total. The lowest BCUT2D eigenvalue weighted by Crippen LogP contribution is -2.04. The lowest BCUT2D eigenvalue weighted by atomic mass is 9.97. The molecule has 0 aliphatic rings. The van der Waals surface area contributed by atoms with Gasteiger partial charge in [0.25, 0.3) is 0 Å². The summed E-state index contributed by atoms with van der Waals surface area (Å²) in [5.74, 6) is 0.892. The number of rotatable bonds is 4. The normalized spacial score (nSPS) is 12.2. The van der Waals surface area contributed by atoms with Gasteiger partial charge in [0.05, 0.1) is 13.2 Å². The Kier molecular flexibility index (Phi) is 4.84. The molecule has 1 atom stereocenters. The lowest BCUT2D eigenvalue weighted by Gasteiger charge is -2.16. The number of methoxy groups -OCH3 is 1. The number of benzene rings is 2. The second-order valence-corrected chi connectivity index (χ2v) is 5.95. The summed E-state index contributed by atoms with van der Waals surface area (Å²) in [5, 5.41) is 10.4. The van der Waals surface area contributed by atoms with Crippen LogP contribution >= 0.6 is 15.9 Å². The topological polar surface area (TPSA) is 29.5 Å². The van der Waals surface area contributed by atoms with Crippen molar-refractivity contribution in [3.63, 3.8) is 0 Å². The molecule has 2 rings (SSSR count). The zero-order valence-corrected chi connectivity index (χ0v) is 13.6. The second kappa shape index (κ2) is 6.42. The molecule has 106 valence electrons. The van der Waals surface area contributed by atoms with Crippen molar-refractivity contribution in [2.75, 3.05) is 7.11 Å². The molecule has 0 bridgehead atoms. The molecule has 1 N–H and O–H groups in total. The Morgan fingerprint density at radius 1 is 1.15 bits per heavy atom. The summed E-state index contributed by atoms with van der Waals surface area (Å²) >= 11 is 3.45. The molecule has 2 aromatic carbocycles. The molecule has 1 unspecified atom stereocenters. The Morgan fingerprint density at radius 3 is 2.35 bits per heavy atom. The summed E-state index contributed by atoms with van der Waals surface area (Å²) in [4.78, 5) is 0. The predicted octanol–water partition coefficient (Wildman–Crippen LogP) is 4.35. The molecule has 0 saturated carbocycles. The fraction of sp³-hybridized carbons (Fsp3) is 0.294. The van der Waals surface area contributed by atoms with E-state index in [-0.39, 0.29) is 0 Å². The molecule has 2 aromatic rings. The summed E-state index contributed by atoms with van der Waals surface area (Å²) in [5.41, 5.74) is 4.14. The minimum Gasteiger partial charge on any atom is -0.496 e. The van der Waals surface area contributed by atoms with E-state index in [1.807, 2.05) is 50.2 Å². The average Bonchev–Trinajstić information content (AvgIpc) is 2.38. The summed E-state index contributed by atoms with van der Waals surface area (Å²) in [6.07, 6.45) is 0.0950. The van der Waals surface area contributed by atoms with Crippen molar-refractivity contribution in [2.45, 2.75) is 26.4 Å². The minimum absolute atomic E-state index is 0.507. The van der Waals surface area contributed by atoms with Crippen LogP contribution in [0, 0.1) is 13.8 Å². The fourth-order valence-corrected chi connectivity index (χ4v) is 2.95. The molecule has 0 heterocycles. The summed E-state index contributed by atoms with van der Waals surface area (Å²) in [6.45, 7) is 4.00. The molecule has 0 aliphatic heterocycles. The van der Waals surface area contributed by atoms with Gasteiger partial charge < -0.3 is 9.84 Å². The van der Waals surface area contributed by atoms with Crippen LogP contribution in [-0.4, -0.2) is 12.2 Å². The molecule has 20 heavy (non-hydrogen) atoms. The van der Waals surface area contributed by atoms with Crippen LogP contribution in [0.4, 0.5) is 0 Å². The molecule has 0 aromatic heterocycles. The van der Waals surface area contributed by atoms with E-state index in [4.69, 9.17) is 4.74 Å². The predicted molar refractivity (Wildman–Crippen MR) is 85.3 cm³/mol. The van der Waals surface area contributed by atoms with Crippen LogP contribution in [0.2, 0.25) is 0 Å².